The normalized spacial score (nSPS) is 17.1. The molecule has 0 N–H and O–H groups in total. The number of nitrogens with zero attached hydrogens (tertiary/aromatic N) is 3. The van der Waals surface area contributed by atoms with E-state index in [1.54, 1.807) is 4.90 Å². The molecule has 5 heteroatoms. The van der Waals surface area contributed by atoms with Crippen LogP contribution in [0.2, 0.25) is 0 Å². The largest absolute Gasteiger partial charge is 0.339 e. The van der Waals surface area contributed by atoms with Crippen LogP contribution in [0, 0.1) is 6.92 Å². The molecule has 0 bridgehead atoms. The molecule has 138 valence electrons. The summed E-state index contributed by atoms with van der Waals surface area (Å²) in [7, 11) is 0. The van der Waals surface area contributed by atoms with Crippen molar-refractivity contribution in [2.45, 2.75) is 39.0 Å². The summed E-state index contributed by atoms with van der Waals surface area (Å²) in [6.45, 7) is 6.93. The van der Waals surface area contributed by atoms with Crippen LogP contribution in [0.25, 0.3) is 11.4 Å². The van der Waals surface area contributed by atoms with Crippen LogP contribution < -0.4 is 4.90 Å². The van der Waals surface area contributed by atoms with E-state index in [0.717, 1.165) is 11.3 Å². The molecule has 1 atom stereocenters. The SMILES string of the molecule is Cc1ccc(N2CC(c3nc(-c4ccc(C(C)C)cc4)no3)CC2=O)cc1. The number of carbonyl (C=O) groups is 1. The van der Waals surface area contributed by atoms with E-state index in [-0.39, 0.29) is 11.8 Å². The van der Waals surface area contributed by atoms with Crippen LogP contribution in [-0.2, 0) is 4.79 Å². The molecule has 0 aliphatic carbocycles. The van der Waals surface area contributed by atoms with Gasteiger partial charge in [0.2, 0.25) is 17.6 Å². The summed E-state index contributed by atoms with van der Waals surface area (Å²) in [5, 5.41) is 4.12. The molecule has 1 unspecified atom stereocenters. The van der Waals surface area contributed by atoms with Gasteiger partial charge in [-0.15, -0.1) is 0 Å². The predicted molar refractivity (Wildman–Crippen MR) is 105 cm³/mol. The van der Waals surface area contributed by atoms with Crippen molar-refractivity contribution in [3.8, 4) is 11.4 Å². The summed E-state index contributed by atoms with van der Waals surface area (Å²) < 4.78 is 5.49. The van der Waals surface area contributed by atoms with Crippen LogP contribution in [0.3, 0.4) is 0 Å². The first kappa shape index (κ1) is 17.5. The Morgan fingerprint density at radius 2 is 1.78 bits per heavy atom. The van der Waals surface area contributed by atoms with E-state index in [1.807, 2.05) is 43.3 Å². The molecule has 1 saturated heterocycles. The Bertz CT molecular complexity index is 942. The first-order valence-electron chi connectivity index (χ1n) is 9.32. The average Bonchev–Trinajstić information content (AvgIpc) is 3.29. The zero-order valence-electron chi connectivity index (χ0n) is 15.8. The number of aryl methyl sites for hydroxylation is 1. The van der Waals surface area contributed by atoms with Gasteiger partial charge >= 0.3 is 0 Å². The molecule has 0 radical (unpaired) electrons. The maximum absolute atomic E-state index is 12.5. The Balaban J connectivity index is 1.52. The van der Waals surface area contributed by atoms with Crippen molar-refractivity contribution < 1.29 is 9.32 Å². The summed E-state index contributed by atoms with van der Waals surface area (Å²) >= 11 is 0. The van der Waals surface area contributed by atoms with Gasteiger partial charge in [0.1, 0.15) is 0 Å². The van der Waals surface area contributed by atoms with E-state index < -0.39 is 0 Å². The minimum Gasteiger partial charge on any atom is -0.339 e. The lowest BCUT2D eigenvalue weighted by molar-refractivity contribution is -0.117. The molecular formula is C22H23N3O2. The number of aromatic nitrogens is 2. The Morgan fingerprint density at radius 1 is 1.07 bits per heavy atom. The van der Waals surface area contributed by atoms with Gasteiger partial charge in [-0.2, -0.15) is 4.98 Å². The lowest BCUT2D eigenvalue weighted by Gasteiger charge is -2.16. The molecule has 4 rings (SSSR count). The van der Waals surface area contributed by atoms with Crippen molar-refractivity contribution in [1.29, 1.82) is 0 Å². The van der Waals surface area contributed by atoms with Crippen molar-refractivity contribution in [3.05, 3.63) is 65.5 Å². The number of amides is 1. The Labute approximate surface area is 159 Å². The Hall–Kier alpha value is -2.95. The lowest BCUT2D eigenvalue weighted by Crippen LogP contribution is -2.24. The van der Waals surface area contributed by atoms with Gasteiger partial charge in [-0.3, -0.25) is 4.79 Å². The fraction of sp³-hybridized carbons (Fsp3) is 0.318. The van der Waals surface area contributed by atoms with Crippen molar-refractivity contribution in [2.75, 3.05) is 11.4 Å². The standard InChI is InChI=1S/C22H23N3O2/c1-14(2)16-6-8-17(9-7-16)21-23-22(27-24-21)18-12-20(26)25(13-18)19-10-4-15(3)5-11-19/h4-11,14,18H,12-13H2,1-3H3. The van der Waals surface area contributed by atoms with Gasteiger partial charge < -0.3 is 9.42 Å². The van der Waals surface area contributed by atoms with Gasteiger partial charge in [-0.1, -0.05) is 61.0 Å². The summed E-state index contributed by atoms with van der Waals surface area (Å²) in [6.07, 6.45) is 0.391. The third kappa shape index (κ3) is 3.50. The summed E-state index contributed by atoms with van der Waals surface area (Å²) in [5.74, 6) is 1.60. The highest BCUT2D eigenvalue weighted by Crippen LogP contribution is 2.32. The minimum atomic E-state index is -0.0741. The van der Waals surface area contributed by atoms with Gasteiger partial charge in [0.15, 0.2) is 0 Å². The fourth-order valence-electron chi connectivity index (χ4n) is 3.38. The van der Waals surface area contributed by atoms with E-state index in [2.05, 4.69) is 36.1 Å². The van der Waals surface area contributed by atoms with Gasteiger partial charge in [-0.25, -0.2) is 0 Å². The number of benzene rings is 2. The molecule has 2 aromatic carbocycles. The molecule has 0 saturated carbocycles. The van der Waals surface area contributed by atoms with E-state index in [9.17, 15) is 4.79 Å². The molecule has 1 amide bonds. The monoisotopic (exact) mass is 361 g/mol. The molecule has 3 aromatic rings. The second-order valence-electron chi connectivity index (χ2n) is 7.47. The first-order chi connectivity index (χ1) is 13.0. The van der Waals surface area contributed by atoms with E-state index in [1.165, 1.54) is 11.1 Å². The molecule has 1 aromatic heterocycles. The van der Waals surface area contributed by atoms with Crippen molar-refractivity contribution in [3.63, 3.8) is 0 Å². The molecule has 2 heterocycles. The third-order valence-corrected chi connectivity index (χ3v) is 5.10. The number of anilines is 1. The van der Waals surface area contributed by atoms with Gasteiger partial charge in [-0.05, 0) is 30.5 Å². The zero-order valence-corrected chi connectivity index (χ0v) is 15.8. The minimum absolute atomic E-state index is 0.0741. The molecule has 1 aliphatic heterocycles. The molecule has 27 heavy (non-hydrogen) atoms. The lowest BCUT2D eigenvalue weighted by atomic mass is 10.0. The Morgan fingerprint density at radius 3 is 2.44 bits per heavy atom. The van der Waals surface area contributed by atoms with Crippen LogP contribution in [0.15, 0.2) is 53.1 Å². The van der Waals surface area contributed by atoms with Gasteiger partial charge in [0.05, 0.1) is 5.92 Å². The summed E-state index contributed by atoms with van der Waals surface area (Å²) in [5.41, 5.74) is 4.29. The second kappa shape index (κ2) is 6.99. The average molecular weight is 361 g/mol. The maximum Gasteiger partial charge on any atom is 0.232 e. The highest BCUT2D eigenvalue weighted by molar-refractivity contribution is 5.96. The molecule has 0 spiro atoms. The van der Waals surface area contributed by atoms with Crippen LogP contribution in [0.4, 0.5) is 5.69 Å². The van der Waals surface area contributed by atoms with Crippen molar-refractivity contribution >= 4 is 11.6 Å². The number of carbonyl (C=O) groups excluding carboxylic acids is 1. The van der Waals surface area contributed by atoms with Crippen LogP contribution >= 0.6 is 0 Å². The van der Waals surface area contributed by atoms with E-state index in [4.69, 9.17) is 4.52 Å². The van der Waals surface area contributed by atoms with Crippen LogP contribution in [0.1, 0.15) is 49.1 Å². The maximum atomic E-state index is 12.5. The van der Waals surface area contributed by atoms with Gasteiger partial charge in [0, 0.05) is 24.2 Å². The van der Waals surface area contributed by atoms with Crippen molar-refractivity contribution in [1.82, 2.24) is 10.1 Å². The van der Waals surface area contributed by atoms with Gasteiger partial charge in [0.25, 0.3) is 0 Å². The number of rotatable bonds is 4. The highest BCUT2D eigenvalue weighted by Gasteiger charge is 2.35. The molecule has 1 aliphatic rings. The summed E-state index contributed by atoms with van der Waals surface area (Å²) in [4.78, 5) is 18.8. The Kier molecular flexibility index (Phi) is 4.52. The quantitative estimate of drug-likeness (QED) is 0.676. The second-order valence-corrected chi connectivity index (χ2v) is 7.47. The van der Waals surface area contributed by atoms with Crippen LogP contribution in [0.5, 0.6) is 0 Å². The number of hydrogen-bond donors (Lipinski definition) is 0. The molecular weight excluding hydrogens is 338 g/mol. The molecule has 5 nitrogen and oxygen atoms in total. The van der Waals surface area contributed by atoms with E-state index in [0.29, 0.717) is 30.6 Å². The predicted octanol–water partition coefficient (Wildman–Crippen LogP) is 4.69. The van der Waals surface area contributed by atoms with E-state index >= 15 is 0 Å². The highest BCUT2D eigenvalue weighted by atomic mass is 16.5. The van der Waals surface area contributed by atoms with Crippen molar-refractivity contribution in [2.24, 2.45) is 0 Å². The molecule has 1 fully saturated rings. The zero-order chi connectivity index (χ0) is 19.0. The summed E-state index contributed by atoms with van der Waals surface area (Å²) in [6, 6.07) is 16.2. The topological polar surface area (TPSA) is 59.2 Å². The first-order valence-corrected chi connectivity index (χ1v) is 9.32. The fourth-order valence-corrected chi connectivity index (χ4v) is 3.38. The third-order valence-electron chi connectivity index (χ3n) is 5.10. The van der Waals surface area contributed by atoms with Crippen LogP contribution in [-0.4, -0.2) is 22.6 Å². The smallest absolute Gasteiger partial charge is 0.232 e. The number of hydrogen-bond acceptors (Lipinski definition) is 4.